The van der Waals surface area contributed by atoms with Crippen molar-refractivity contribution in [2.45, 2.75) is 12.1 Å². The lowest BCUT2D eigenvalue weighted by molar-refractivity contribution is -0.113. The molecule has 0 saturated carbocycles. The molecule has 0 bridgehead atoms. The number of carbonyl (C=O) groups is 2. The highest BCUT2D eigenvalue weighted by Gasteiger charge is 2.14. The van der Waals surface area contributed by atoms with E-state index in [1.807, 2.05) is 85.3 Å². The van der Waals surface area contributed by atoms with E-state index in [2.05, 4.69) is 20.8 Å². The smallest absolute Gasteiger partial charge is 0.255 e. The van der Waals surface area contributed by atoms with Gasteiger partial charge >= 0.3 is 0 Å². The number of anilines is 2. The van der Waals surface area contributed by atoms with Gasteiger partial charge in [-0.05, 0) is 55.5 Å². The van der Waals surface area contributed by atoms with E-state index in [-0.39, 0.29) is 17.6 Å². The molecule has 166 valence electrons. The summed E-state index contributed by atoms with van der Waals surface area (Å²) in [6, 6.07) is 24.1. The van der Waals surface area contributed by atoms with Crippen LogP contribution in [0.5, 0.6) is 0 Å². The Morgan fingerprint density at radius 3 is 2.18 bits per heavy atom. The molecule has 7 nitrogen and oxygen atoms in total. The molecule has 0 aliphatic rings. The van der Waals surface area contributed by atoms with Crippen molar-refractivity contribution in [2.75, 3.05) is 16.4 Å². The number of benzene rings is 3. The molecule has 0 spiro atoms. The van der Waals surface area contributed by atoms with Gasteiger partial charge in [0.15, 0.2) is 11.0 Å². The van der Waals surface area contributed by atoms with Crippen molar-refractivity contribution in [3.05, 3.63) is 90.0 Å². The van der Waals surface area contributed by atoms with Crippen LogP contribution in [0.3, 0.4) is 0 Å². The zero-order chi connectivity index (χ0) is 23.2. The number of amides is 2. The van der Waals surface area contributed by atoms with Crippen LogP contribution >= 0.6 is 11.8 Å². The summed E-state index contributed by atoms with van der Waals surface area (Å²) in [6.07, 6.45) is 0. The highest BCUT2D eigenvalue weighted by atomic mass is 32.2. The molecule has 0 atom stereocenters. The monoisotopic (exact) mass is 457 g/mol. The van der Waals surface area contributed by atoms with Crippen molar-refractivity contribution in [1.82, 2.24) is 14.8 Å². The molecule has 4 rings (SSSR count). The Bertz CT molecular complexity index is 1250. The third-order valence-corrected chi connectivity index (χ3v) is 5.96. The Kier molecular flexibility index (Phi) is 6.85. The van der Waals surface area contributed by atoms with Gasteiger partial charge in [-0.15, -0.1) is 10.2 Å². The van der Waals surface area contributed by atoms with Gasteiger partial charge in [0.05, 0.1) is 5.75 Å². The predicted octanol–water partition coefficient (Wildman–Crippen LogP) is 4.77. The number of carbonyl (C=O) groups excluding carboxylic acids is 2. The van der Waals surface area contributed by atoms with Gasteiger partial charge in [-0.3, -0.25) is 9.59 Å². The van der Waals surface area contributed by atoms with Crippen LogP contribution in [-0.4, -0.2) is 32.3 Å². The molecule has 8 heteroatoms. The first-order valence-electron chi connectivity index (χ1n) is 10.3. The van der Waals surface area contributed by atoms with Crippen molar-refractivity contribution in [2.24, 2.45) is 7.05 Å². The highest BCUT2D eigenvalue weighted by molar-refractivity contribution is 7.99. The molecule has 2 N–H and O–H groups in total. The van der Waals surface area contributed by atoms with E-state index >= 15 is 0 Å². The van der Waals surface area contributed by atoms with E-state index in [9.17, 15) is 9.59 Å². The molecular weight excluding hydrogens is 434 g/mol. The normalized spacial score (nSPS) is 10.6. The summed E-state index contributed by atoms with van der Waals surface area (Å²) in [7, 11) is 1.86. The van der Waals surface area contributed by atoms with Crippen LogP contribution in [-0.2, 0) is 11.8 Å². The van der Waals surface area contributed by atoms with E-state index in [1.165, 1.54) is 11.8 Å². The maximum Gasteiger partial charge on any atom is 0.255 e. The van der Waals surface area contributed by atoms with Gasteiger partial charge in [0.2, 0.25) is 5.91 Å². The minimum atomic E-state index is -0.162. The summed E-state index contributed by atoms with van der Waals surface area (Å²) in [5, 5.41) is 14.9. The zero-order valence-corrected chi connectivity index (χ0v) is 19.1. The minimum absolute atomic E-state index is 0.105. The summed E-state index contributed by atoms with van der Waals surface area (Å²) < 4.78 is 1.85. The topological polar surface area (TPSA) is 88.9 Å². The van der Waals surface area contributed by atoms with Crippen molar-refractivity contribution in [3.63, 3.8) is 0 Å². The molecule has 0 radical (unpaired) electrons. The van der Waals surface area contributed by atoms with Crippen LogP contribution in [0.2, 0.25) is 0 Å². The number of thioether (sulfide) groups is 1. The third-order valence-electron chi connectivity index (χ3n) is 4.94. The lowest BCUT2D eigenvalue weighted by Crippen LogP contribution is -2.14. The van der Waals surface area contributed by atoms with Crippen molar-refractivity contribution in [3.8, 4) is 11.4 Å². The summed E-state index contributed by atoms with van der Waals surface area (Å²) >= 11 is 1.32. The van der Waals surface area contributed by atoms with Crippen molar-refractivity contribution < 1.29 is 9.59 Å². The Hall–Kier alpha value is -3.91. The van der Waals surface area contributed by atoms with Crippen LogP contribution in [0.1, 0.15) is 15.9 Å². The van der Waals surface area contributed by atoms with Crippen LogP contribution in [0.25, 0.3) is 11.4 Å². The Labute approximate surface area is 196 Å². The lowest BCUT2D eigenvalue weighted by atomic mass is 10.1. The van der Waals surface area contributed by atoms with E-state index in [4.69, 9.17) is 0 Å². The van der Waals surface area contributed by atoms with E-state index in [0.29, 0.717) is 22.2 Å². The molecule has 0 aliphatic heterocycles. The first-order valence-corrected chi connectivity index (χ1v) is 11.3. The van der Waals surface area contributed by atoms with Gasteiger partial charge in [0, 0.05) is 29.5 Å². The molecule has 2 amide bonds. The molecule has 0 aliphatic carbocycles. The Balaban J connectivity index is 1.36. The van der Waals surface area contributed by atoms with E-state index < -0.39 is 0 Å². The second-order valence-corrected chi connectivity index (χ2v) is 8.41. The number of nitrogens with zero attached hydrogens (tertiary/aromatic N) is 3. The van der Waals surface area contributed by atoms with Gasteiger partial charge in [-0.1, -0.05) is 47.7 Å². The first-order chi connectivity index (χ1) is 16.0. The second kappa shape index (κ2) is 10.1. The number of hydrogen-bond donors (Lipinski definition) is 2. The molecule has 33 heavy (non-hydrogen) atoms. The second-order valence-electron chi connectivity index (χ2n) is 7.47. The molecule has 0 fully saturated rings. The number of aryl methyl sites for hydroxylation is 1. The van der Waals surface area contributed by atoms with Crippen LogP contribution in [0.15, 0.2) is 84.0 Å². The van der Waals surface area contributed by atoms with Crippen molar-refractivity contribution in [1.29, 1.82) is 0 Å². The maximum absolute atomic E-state index is 12.3. The molecular formula is C25H23N5O2S. The summed E-state index contributed by atoms with van der Waals surface area (Å²) in [4.78, 5) is 24.6. The fraction of sp³-hybridized carbons (Fsp3) is 0.120. The molecule has 1 aromatic heterocycles. The SMILES string of the molecule is Cc1ccc(NC(=O)CSc2nnc(-c3ccc(NC(=O)c4ccccc4)cc3)n2C)cc1. The highest BCUT2D eigenvalue weighted by Crippen LogP contribution is 2.24. The van der Waals surface area contributed by atoms with Crippen LogP contribution in [0, 0.1) is 6.92 Å². The van der Waals surface area contributed by atoms with Crippen LogP contribution < -0.4 is 10.6 Å². The van der Waals surface area contributed by atoms with E-state index in [1.54, 1.807) is 12.1 Å². The standard InChI is InChI=1S/C25H23N5O2S/c1-17-8-12-20(13-9-17)26-22(31)16-33-25-29-28-23(30(25)2)18-10-14-21(15-11-18)27-24(32)19-6-4-3-5-7-19/h3-15H,16H2,1-2H3,(H,26,31)(H,27,32). The fourth-order valence-electron chi connectivity index (χ4n) is 3.15. The maximum atomic E-state index is 12.3. The Morgan fingerprint density at radius 2 is 1.48 bits per heavy atom. The summed E-state index contributed by atoms with van der Waals surface area (Å²) in [5.74, 6) is 0.638. The van der Waals surface area contributed by atoms with E-state index in [0.717, 1.165) is 16.8 Å². The number of aromatic nitrogens is 3. The number of rotatable bonds is 7. The van der Waals surface area contributed by atoms with Gasteiger partial charge in [0.25, 0.3) is 5.91 Å². The number of nitrogens with one attached hydrogen (secondary N) is 2. The molecule has 0 unspecified atom stereocenters. The Morgan fingerprint density at radius 1 is 0.848 bits per heavy atom. The van der Waals surface area contributed by atoms with Crippen molar-refractivity contribution >= 4 is 35.0 Å². The molecule has 4 aromatic rings. The fourth-order valence-corrected chi connectivity index (χ4v) is 3.86. The van der Waals surface area contributed by atoms with Gasteiger partial charge in [0.1, 0.15) is 0 Å². The first kappa shape index (κ1) is 22.3. The quantitative estimate of drug-likeness (QED) is 0.390. The molecule has 1 heterocycles. The summed E-state index contributed by atoms with van der Waals surface area (Å²) in [5.41, 5.74) is 4.06. The van der Waals surface area contributed by atoms with Crippen LogP contribution in [0.4, 0.5) is 11.4 Å². The minimum Gasteiger partial charge on any atom is -0.325 e. The average molecular weight is 458 g/mol. The zero-order valence-electron chi connectivity index (χ0n) is 18.3. The largest absolute Gasteiger partial charge is 0.325 e. The lowest BCUT2D eigenvalue weighted by Gasteiger charge is -2.07. The molecule has 0 saturated heterocycles. The molecule has 3 aromatic carbocycles. The summed E-state index contributed by atoms with van der Waals surface area (Å²) in [6.45, 7) is 2.00. The third kappa shape index (κ3) is 5.67. The predicted molar refractivity (Wildman–Crippen MR) is 131 cm³/mol. The number of hydrogen-bond acceptors (Lipinski definition) is 5. The van der Waals surface area contributed by atoms with Gasteiger partial charge in [-0.25, -0.2) is 0 Å². The van der Waals surface area contributed by atoms with Gasteiger partial charge in [-0.2, -0.15) is 0 Å². The average Bonchev–Trinajstić information content (AvgIpc) is 3.20. The van der Waals surface area contributed by atoms with Gasteiger partial charge < -0.3 is 15.2 Å².